The van der Waals surface area contributed by atoms with Gasteiger partial charge in [-0.2, -0.15) is 4.98 Å². The van der Waals surface area contributed by atoms with Crippen molar-refractivity contribution >= 4 is 44.0 Å². The van der Waals surface area contributed by atoms with Crippen LogP contribution in [0.25, 0.3) is 100 Å². The molecule has 0 radical (unpaired) electrons. The molecule has 0 N–H and O–H groups in total. The Hall–Kier alpha value is -6.78. The molecule has 4 nitrogen and oxygen atoms in total. The third-order valence-corrected chi connectivity index (χ3v) is 15.5. The van der Waals surface area contributed by atoms with Crippen LogP contribution < -0.4 is 0 Å². The van der Waals surface area contributed by atoms with E-state index in [9.17, 15) is 0 Å². The Bertz CT molecular complexity index is 3490. The predicted molar refractivity (Wildman–Crippen MR) is 251 cm³/mol. The first kappa shape index (κ1) is 34.9. The Balaban J connectivity index is 0.903. The topological polar surface area (TPSA) is 52.1 Å². The van der Waals surface area contributed by atoms with Gasteiger partial charge in [-0.25, -0.2) is 4.98 Å². The van der Waals surface area contributed by atoms with Crippen molar-refractivity contribution in [3.8, 4) is 56.0 Å². The van der Waals surface area contributed by atoms with Crippen molar-refractivity contribution in [2.24, 2.45) is 0 Å². The van der Waals surface area contributed by atoms with Gasteiger partial charge in [0.2, 0.25) is 5.71 Å². The van der Waals surface area contributed by atoms with Crippen molar-refractivity contribution in [2.45, 2.75) is 75.0 Å². The second-order valence-electron chi connectivity index (χ2n) is 18.6. The summed E-state index contributed by atoms with van der Waals surface area (Å²) < 4.78 is 13.1. The van der Waals surface area contributed by atoms with Gasteiger partial charge in [-0.05, 0) is 124 Å². The number of aromatic nitrogens is 2. The van der Waals surface area contributed by atoms with Crippen molar-refractivity contribution in [3.05, 3.63) is 168 Å². The zero-order chi connectivity index (χ0) is 40.6. The average Bonchev–Trinajstić information content (AvgIpc) is 4.05. The minimum Gasteiger partial charge on any atom is -0.455 e. The molecule has 0 saturated heterocycles. The maximum Gasteiger partial charge on any atom is 0.231 e. The highest BCUT2D eigenvalue weighted by Crippen LogP contribution is 2.62. The van der Waals surface area contributed by atoms with Crippen LogP contribution in [0.3, 0.4) is 0 Å². The van der Waals surface area contributed by atoms with Gasteiger partial charge in [-0.15, -0.1) is 0 Å². The number of furan rings is 2. The van der Waals surface area contributed by atoms with Crippen LogP contribution in [0.4, 0.5) is 0 Å². The summed E-state index contributed by atoms with van der Waals surface area (Å²) in [6, 6.07) is 53.6. The summed E-state index contributed by atoms with van der Waals surface area (Å²) in [6.45, 7) is 0. The molecule has 2 saturated carbocycles. The monoisotopic (exact) mass is 800 g/mol. The predicted octanol–water partition coefficient (Wildman–Crippen LogP) is 15.7. The molecule has 62 heavy (non-hydrogen) atoms. The van der Waals surface area contributed by atoms with E-state index in [-0.39, 0.29) is 10.8 Å². The van der Waals surface area contributed by atoms with Gasteiger partial charge in [0, 0.05) is 32.6 Å². The standard InChI is InChI=1S/C58H44N2O2/c1-4-15-35(16-5-1)53-52-41-18-7-9-22-50(41)62-56(52)60-55(59-53)42-20-14-19-40-45-31-36(24-26-51(45)61-54(40)42)37-23-25-39-44-34-48-43(33-49(44)58(47(39)32-37)29-12-3-13-30-58)38-17-6-8-21-46(38)57(48)27-10-2-11-28-57/h1,4-9,14-26,31-34H,2-3,10-13,27-30H2. The van der Waals surface area contributed by atoms with Gasteiger partial charge < -0.3 is 8.83 Å². The fraction of sp³-hybridized carbons (Fsp3) is 0.207. The number of rotatable bonds is 3. The second-order valence-corrected chi connectivity index (χ2v) is 18.6. The summed E-state index contributed by atoms with van der Waals surface area (Å²) >= 11 is 0. The van der Waals surface area contributed by atoms with Crippen LogP contribution in [0.2, 0.25) is 0 Å². The van der Waals surface area contributed by atoms with E-state index in [2.05, 4.69) is 109 Å². The van der Waals surface area contributed by atoms with Crippen LogP contribution in [0, 0.1) is 0 Å². The Labute approximate surface area is 360 Å². The van der Waals surface area contributed by atoms with Crippen molar-refractivity contribution < 1.29 is 8.83 Å². The van der Waals surface area contributed by atoms with Gasteiger partial charge in [0.1, 0.15) is 16.7 Å². The molecule has 0 unspecified atom stereocenters. The summed E-state index contributed by atoms with van der Waals surface area (Å²) in [4.78, 5) is 10.3. The number of nitrogens with zero attached hydrogens (tertiary/aromatic N) is 2. The Morgan fingerprint density at radius 2 is 1.00 bits per heavy atom. The normalized spacial score (nSPS) is 17.0. The average molecular weight is 801 g/mol. The lowest BCUT2D eigenvalue weighted by atomic mass is 9.66. The fourth-order valence-electron chi connectivity index (χ4n) is 12.7. The van der Waals surface area contributed by atoms with E-state index >= 15 is 0 Å². The van der Waals surface area contributed by atoms with Crippen LogP contribution in [-0.4, -0.2) is 9.97 Å². The molecule has 10 aromatic rings. The van der Waals surface area contributed by atoms with E-state index in [0.717, 1.165) is 55.1 Å². The van der Waals surface area contributed by atoms with Gasteiger partial charge in [0.05, 0.1) is 16.6 Å². The zero-order valence-corrected chi connectivity index (χ0v) is 34.6. The maximum atomic E-state index is 6.75. The third-order valence-electron chi connectivity index (χ3n) is 15.5. The summed E-state index contributed by atoms with van der Waals surface area (Å²) in [6.07, 6.45) is 12.8. The van der Waals surface area contributed by atoms with Crippen LogP contribution in [0.5, 0.6) is 0 Å². The Morgan fingerprint density at radius 1 is 0.387 bits per heavy atom. The smallest absolute Gasteiger partial charge is 0.231 e. The largest absolute Gasteiger partial charge is 0.455 e. The first-order valence-corrected chi connectivity index (χ1v) is 22.8. The van der Waals surface area contributed by atoms with E-state index in [1.54, 1.807) is 16.7 Å². The van der Waals surface area contributed by atoms with E-state index < -0.39 is 0 Å². The molecule has 4 aliphatic rings. The van der Waals surface area contributed by atoms with Crippen molar-refractivity contribution in [3.63, 3.8) is 0 Å². The molecule has 4 aliphatic carbocycles. The molecule has 7 aromatic carbocycles. The van der Waals surface area contributed by atoms with E-state index in [0.29, 0.717) is 11.5 Å². The summed E-state index contributed by atoms with van der Waals surface area (Å²) in [5.74, 6) is 0.583. The van der Waals surface area contributed by atoms with Crippen LogP contribution in [0.1, 0.15) is 86.5 Å². The van der Waals surface area contributed by atoms with Gasteiger partial charge in [-0.3, -0.25) is 0 Å². The SMILES string of the molecule is c1ccc(-c2nc(-c3cccc4c3oc3ccc(-c5ccc6c(c5)C5(CCCCC5)c5cc7c(cc5-6)C5(CCCCC5)c5ccccc5-7)cc34)nc3oc4ccccc4c23)cc1. The summed E-state index contributed by atoms with van der Waals surface area (Å²) in [7, 11) is 0. The molecule has 2 fully saturated rings. The number of para-hydroxylation sites is 2. The number of hydrogen-bond donors (Lipinski definition) is 0. The number of fused-ring (bicyclic) bond motifs is 16. The lowest BCUT2D eigenvalue weighted by molar-refractivity contribution is 0.350. The van der Waals surface area contributed by atoms with Crippen molar-refractivity contribution in [2.75, 3.05) is 0 Å². The summed E-state index contributed by atoms with van der Waals surface area (Å²) in [5, 5.41) is 4.08. The highest BCUT2D eigenvalue weighted by atomic mass is 16.3. The van der Waals surface area contributed by atoms with Gasteiger partial charge in [-0.1, -0.05) is 142 Å². The van der Waals surface area contributed by atoms with E-state index in [1.165, 1.54) is 103 Å². The first-order chi connectivity index (χ1) is 30.7. The maximum absolute atomic E-state index is 6.75. The minimum absolute atomic E-state index is 0.0477. The fourth-order valence-corrected chi connectivity index (χ4v) is 12.7. The molecule has 3 heterocycles. The van der Waals surface area contributed by atoms with E-state index in [4.69, 9.17) is 18.8 Å². The van der Waals surface area contributed by atoms with E-state index in [1.807, 2.05) is 36.4 Å². The molecule has 3 aromatic heterocycles. The van der Waals surface area contributed by atoms with Crippen LogP contribution in [-0.2, 0) is 10.8 Å². The highest BCUT2D eigenvalue weighted by molar-refractivity contribution is 6.13. The Morgan fingerprint density at radius 3 is 1.81 bits per heavy atom. The van der Waals surface area contributed by atoms with Gasteiger partial charge in [0.25, 0.3) is 0 Å². The molecule has 14 rings (SSSR count). The van der Waals surface area contributed by atoms with Crippen LogP contribution >= 0.6 is 0 Å². The van der Waals surface area contributed by atoms with Crippen molar-refractivity contribution in [1.82, 2.24) is 9.97 Å². The number of hydrogen-bond acceptors (Lipinski definition) is 4. The molecular weight excluding hydrogens is 757 g/mol. The quantitative estimate of drug-likeness (QED) is 0.179. The third kappa shape index (κ3) is 4.73. The number of benzene rings is 7. The van der Waals surface area contributed by atoms with Crippen LogP contribution in [0.15, 0.2) is 154 Å². The highest BCUT2D eigenvalue weighted by Gasteiger charge is 2.49. The second kappa shape index (κ2) is 12.9. The molecule has 4 heteroatoms. The lowest BCUT2D eigenvalue weighted by Gasteiger charge is -2.37. The molecule has 0 aliphatic heterocycles. The van der Waals surface area contributed by atoms with Gasteiger partial charge >= 0.3 is 0 Å². The lowest BCUT2D eigenvalue weighted by Crippen LogP contribution is -2.29. The molecule has 2 spiro atoms. The molecular formula is C58H44N2O2. The molecule has 0 amide bonds. The first-order valence-electron chi connectivity index (χ1n) is 22.8. The Kier molecular flexibility index (Phi) is 7.24. The zero-order valence-electron chi connectivity index (χ0n) is 34.6. The van der Waals surface area contributed by atoms with Crippen molar-refractivity contribution in [1.29, 1.82) is 0 Å². The van der Waals surface area contributed by atoms with Gasteiger partial charge in [0.15, 0.2) is 5.82 Å². The minimum atomic E-state index is 0.0477. The molecule has 0 bridgehead atoms. The molecule has 0 atom stereocenters. The summed E-state index contributed by atoms with van der Waals surface area (Å²) in [5.41, 5.74) is 20.6. The molecule has 298 valence electrons.